The van der Waals surface area contributed by atoms with E-state index in [0.717, 1.165) is 11.1 Å². The van der Waals surface area contributed by atoms with Crippen LogP contribution in [0.25, 0.3) is 0 Å². The highest BCUT2D eigenvalue weighted by molar-refractivity contribution is 6.00. The highest BCUT2D eigenvalue weighted by Crippen LogP contribution is 2.57. The minimum atomic E-state index is -1.35. The summed E-state index contributed by atoms with van der Waals surface area (Å²) in [6.45, 7) is 2.64. The van der Waals surface area contributed by atoms with E-state index in [1.54, 1.807) is 16.8 Å². The van der Waals surface area contributed by atoms with Crippen LogP contribution in [-0.4, -0.2) is 87.6 Å². The molecule has 3 amide bonds. The number of likely N-dealkylation sites (N-methyl/N-ethyl adjacent to an activating group) is 1. The van der Waals surface area contributed by atoms with Crippen molar-refractivity contribution in [1.82, 2.24) is 14.7 Å². The van der Waals surface area contributed by atoms with E-state index in [2.05, 4.69) is 0 Å². The molecule has 4 aliphatic rings. The van der Waals surface area contributed by atoms with Crippen molar-refractivity contribution < 1.29 is 24.2 Å². The quantitative estimate of drug-likeness (QED) is 0.567. The topological polar surface area (TPSA) is 90.4 Å². The third kappa shape index (κ3) is 4.09. The average molecular weight is 542 g/mol. The van der Waals surface area contributed by atoms with Gasteiger partial charge in [0.15, 0.2) is 0 Å². The molecule has 2 aromatic carbocycles. The van der Waals surface area contributed by atoms with Crippen LogP contribution in [0, 0.1) is 11.8 Å². The predicted molar refractivity (Wildman–Crippen MR) is 149 cm³/mol. The Labute approximate surface area is 234 Å². The van der Waals surface area contributed by atoms with Gasteiger partial charge < -0.3 is 24.5 Å². The van der Waals surface area contributed by atoms with Gasteiger partial charge in [-0.2, -0.15) is 0 Å². The number of fused-ring (bicyclic) bond motifs is 2. The van der Waals surface area contributed by atoms with Crippen LogP contribution in [0.4, 0.5) is 0 Å². The van der Waals surface area contributed by atoms with Gasteiger partial charge in [0.25, 0.3) is 0 Å². The minimum absolute atomic E-state index is 0.182. The molecule has 1 spiro atoms. The maximum absolute atomic E-state index is 14.6. The van der Waals surface area contributed by atoms with Gasteiger partial charge in [0.2, 0.25) is 17.7 Å². The highest BCUT2D eigenvalue weighted by atomic mass is 16.5. The molecule has 0 aromatic heterocycles. The number of benzene rings is 2. The molecule has 40 heavy (non-hydrogen) atoms. The molecule has 8 heteroatoms. The van der Waals surface area contributed by atoms with Crippen LogP contribution >= 0.6 is 0 Å². The van der Waals surface area contributed by atoms with E-state index in [0.29, 0.717) is 26.1 Å². The summed E-state index contributed by atoms with van der Waals surface area (Å²) >= 11 is 0. The van der Waals surface area contributed by atoms with Crippen molar-refractivity contribution in [2.24, 2.45) is 11.8 Å². The first kappa shape index (κ1) is 26.5. The Bertz CT molecular complexity index is 1360. The molecule has 2 saturated heterocycles. The summed E-state index contributed by atoms with van der Waals surface area (Å²) in [4.78, 5) is 47.7. The zero-order valence-electron chi connectivity index (χ0n) is 22.8. The van der Waals surface area contributed by atoms with Gasteiger partial charge in [-0.15, -0.1) is 0 Å². The largest absolute Gasteiger partial charge is 0.394 e. The standard InChI is InChI=1S/C32H35N3O5/c1-31-15-9-17-33(2)28(37)25(31)26-29(38)35(24(21-36)19-22-11-5-3-6-12-22)27-30(39)34(18-10-16-32(26,27)40-31)20-23-13-7-4-8-14-23/h3-16,24-27,36H,17-21H2,1-2H3/t24-,25-,26+,27?,31+,32+/m1/s1. The van der Waals surface area contributed by atoms with Crippen LogP contribution in [0.5, 0.6) is 0 Å². The van der Waals surface area contributed by atoms with Crippen molar-refractivity contribution >= 4 is 17.7 Å². The van der Waals surface area contributed by atoms with E-state index in [1.165, 1.54) is 4.90 Å². The van der Waals surface area contributed by atoms with Gasteiger partial charge >= 0.3 is 0 Å². The number of hydrogen-bond donors (Lipinski definition) is 1. The summed E-state index contributed by atoms with van der Waals surface area (Å²) in [6, 6.07) is 17.7. The molecule has 0 radical (unpaired) electrons. The molecule has 4 aliphatic heterocycles. The van der Waals surface area contributed by atoms with E-state index in [-0.39, 0.29) is 24.3 Å². The number of carbonyl (C=O) groups is 3. The molecule has 0 saturated carbocycles. The number of likely N-dealkylation sites (tertiary alicyclic amines) is 1. The summed E-state index contributed by atoms with van der Waals surface area (Å²) in [5, 5.41) is 10.6. The molecule has 4 heterocycles. The van der Waals surface area contributed by atoms with E-state index < -0.39 is 35.1 Å². The van der Waals surface area contributed by atoms with Gasteiger partial charge in [0, 0.05) is 26.7 Å². The smallest absolute Gasteiger partial charge is 0.249 e. The number of amides is 3. The van der Waals surface area contributed by atoms with Crippen LogP contribution in [0.2, 0.25) is 0 Å². The van der Waals surface area contributed by atoms with Gasteiger partial charge in [0.1, 0.15) is 11.6 Å². The number of carbonyl (C=O) groups excluding carboxylic acids is 3. The lowest BCUT2D eigenvalue weighted by atomic mass is 9.74. The fraction of sp³-hybridized carbons (Fsp3) is 0.406. The number of aliphatic hydroxyl groups excluding tert-OH is 1. The Hall–Kier alpha value is -3.75. The molecule has 2 aromatic rings. The van der Waals surface area contributed by atoms with Gasteiger partial charge in [-0.25, -0.2) is 0 Å². The highest BCUT2D eigenvalue weighted by Gasteiger charge is 2.75. The molecule has 1 unspecified atom stereocenters. The molecule has 8 nitrogen and oxygen atoms in total. The van der Waals surface area contributed by atoms with Gasteiger partial charge in [-0.1, -0.05) is 85.0 Å². The Morgan fingerprint density at radius 3 is 2.20 bits per heavy atom. The second-order valence-corrected chi connectivity index (χ2v) is 11.5. The number of hydrogen-bond acceptors (Lipinski definition) is 5. The first-order chi connectivity index (χ1) is 19.3. The number of aliphatic hydroxyl groups is 1. The third-order valence-electron chi connectivity index (χ3n) is 8.91. The summed E-state index contributed by atoms with van der Waals surface area (Å²) in [7, 11) is 1.72. The lowest BCUT2D eigenvalue weighted by Crippen LogP contribution is -2.59. The summed E-state index contributed by atoms with van der Waals surface area (Å²) in [5.74, 6) is -2.46. The van der Waals surface area contributed by atoms with Crippen molar-refractivity contribution in [3.05, 3.63) is 96.1 Å². The lowest BCUT2D eigenvalue weighted by molar-refractivity contribution is -0.155. The molecule has 6 rings (SSSR count). The Morgan fingerprint density at radius 2 is 1.52 bits per heavy atom. The van der Waals surface area contributed by atoms with Crippen molar-refractivity contribution in [3.8, 4) is 0 Å². The third-order valence-corrected chi connectivity index (χ3v) is 8.91. The van der Waals surface area contributed by atoms with Crippen molar-refractivity contribution in [3.63, 3.8) is 0 Å². The molecule has 6 atom stereocenters. The zero-order valence-corrected chi connectivity index (χ0v) is 22.8. The lowest BCUT2D eigenvalue weighted by Gasteiger charge is -2.40. The maximum atomic E-state index is 14.6. The Morgan fingerprint density at radius 1 is 0.875 bits per heavy atom. The number of nitrogens with zero attached hydrogens (tertiary/aromatic N) is 3. The average Bonchev–Trinajstić information content (AvgIpc) is 3.25. The fourth-order valence-corrected chi connectivity index (χ4v) is 7.11. The SMILES string of the molecule is CN1CC=C[C@]2(C)O[C@]34C=CCN(Cc5ccccc5)C(=O)C3N([C@@H](CO)Cc3ccccc3)C(=O)[C@@H]4[C@@H]2C1=O. The first-order valence-corrected chi connectivity index (χ1v) is 13.9. The summed E-state index contributed by atoms with van der Waals surface area (Å²) in [5.41, 5.74) is -0.488. The zero-order chi connectivity index (χ0) is 28.1. The second-order valence-electron chi connectivity index (χ2n) is 11.5. The van der Waals surface area contributed by atoms with Crippen LogP contribution in [0.15, 0.2) is 85.0 Å². The first-order valence-electron chi connectivity index (χ1n) is 13.9. The van der Waals surface area contributed by atoms with Crippen LogP contribution in [0.3, 0.4) is 0 Å². The van der Waals surface area contributed by atoms with Gasteiger partial charge in [-0.3, -0.25) is 14.4 Å². The fourth-order valence-electron chi connectivity index (χ4n) is 7.11. The van der Waals surface area contributed by atoms with Crippen LogP contribution < -0.4 is 0 Å². The van der Waals surface area contributed by atoms with Crippen molar-refractivity contribution in [1.29, 1.82) is 0 Å². The van der Waals surface area contributed by atoms with Gasteiger partial charge in [-0.05, 0) is 24.5 Å². The van der Waals surface area contributed by atoms with Crippen molar-refractivity contribution in [2.75, 3.05) is 26.7 Å². The Balaban J connectivity index is 1.47. The monoisotopic (exact) mass is 541 g/mol. The molecule has 1 N–H and O–H groups in total. The molecular weight excluding hydrogens is 506 g/mol. The maximum Gasteiger partial charge on any atom is 0.249 e. The van der Waals surface area contributed by atoms with E-state index in [4.69, 9.17) is 4.74 Å². The minimum Gasteiger partial charge on any atom is -0.394 e. The number of rotatable bonds is 6. The molecule has 0 bridgehead atoms. The summed E-state index contributed by atoms with van der Waals surface area (Å²) in [6.07, 6.45) is 7.87. The second kappa shape index (κ2) is 10.0. The summed E-state index contributed by atoms with van der Waals surface area (Å²) < 4.78 is 6.85. The van der Waals surface area contributed by atoms with E-state index >= 15 is 0 Å². The predicted octanol–water partition coefficient (Wildman–Crippen LogP) is 2.19. The van der Waals surface area contributed by atoms with E-state index in [9.17, 15) is 19.5 Å². The number of ether oxygens (including phenoxy) is 1. The molecule has 208 valence electrons. The van der Waals surface area contributed by atoms with Crippen LogP contribution in [-0.2, 0) is 32.1 Å². The molecular formula is C32H35N3O5. The normalized spacial score (nSPS) is 32.0. The van der Waals surface area contributed by atoms with Gasteiger partial charge in [0.05, 0.1) is 30.1 Å². The van der Waals surface area contributed by atoms with E-state index in [1.807, 2.05) is 91.9 Å². The molecule has 0 aliphatic carbocycles. The van der Waals surface area contributed by atoms with Crippen molar-refractivity contribution in [2.45, 2.75) is 43.2 Å². The Kier molecular flexibility index (Phi) is 6.63. The molecule has 2 fully saturated rings. The van der Waals surface area contributed by atoms with Crippen LogP contribution in [0.1, 0.15) is 18.1 Å².